The van der Waals surface area contributed by atoms with Crippen molar-refractivity contribution in [2.75, 3.05) is 0 Å². The molecule has 0 saturated carbocycles. The SMILES string of the molecule is C[C@H](c1ccccc1)n1cc(CC(=O)O)nn1. The van der Waals surface area contributed by atoms with Crippen LogP contribution < -0.4 is 0 Å². The summed E-state index contributed by atoms with van der Waals surface area (Å²) < 4.78 is 1.67. The molecule has 0 saturated heterocycles. The number of carboxylic acids is 1. The molecule has 1 heterocycles. The first-order valence-corrected chi connectivity index (χ1v) is 5.34. The summed E-state index contributed by atoms with van der Waals surface area (Å²) in [6.07, 6.45) is 1.58. The first-order valence-electron chi connectivity index (χ1n) is 5.34. The molecule has 1 atom stereocenters. The standard InChI is InChI=1S/C12H13N3O2/c1-9(10-5-3-2-4-6-10)15-8-11(13-14-15)7-12(16)17/h2-6,8-9H,7H2,1H3,(H,16,17)/t9-/m1/s1. The summed E-state index contributed by atoms with van der Waals surface area (Å²) in [4.78, 5) is 10.5. The van der Waals surface area contributed by atoms with E-state index < -0.39 is 5.97 Å². The monoisotopic (exact) mass is 231 g/mol. The Morgan fingerprint density at radius 1 is 1.41 bits per heavy atom. The number of carboxylic acid groups (broad SMARTS) is 1. The second kappa shape index (κ2) is 4.78. The largest absolute Gasteiger partial charge is 0.481 e. The van der Waals surface area contributed by atoms with Gasteiger partial charge in [0.2, 0.25) is 0 Å². The number of nitrogens with zero attached hydrogens (tertiary/aromatic N) is 3. The van der Waals surface area contributed by atoms with Gasteiger partial charge >= 0.3 is 5.97 Å². The molecule has 0 unspecified atom stereocenters. The highest BCUT2D eigenvalue weighted by molar-refractivity contribution is 5.69. The minimum atomic E-state index is -0.899. The van der Waals surface area contributed by atoms with Gasteiger partial charge in [-0.05, 0) is 12.5 Å². The van der Waals surface area contributed by atoms with Gasteiger partial charge in [-0.1, -0.05) is 35.5 Å². The third kappa shape index (κ3) is 2.69. The molecule has 1 aromatic carbocycles. The summed E-state index contributed by atoms with van der Waals surface area (Å²) >= 11 is 0. The van der Waals surface area contributed by atoms with Gasteiger partial charge < -0.3 is 5.11 Å². The van der Waals surface area contributed by atoms with Crippen LogP contribution in [-0.2, 0) is 11.2 Å². The number of carbonyl (C=O) groups is 1. The van der Waals surface area contributed by atoms with Crippen molar-refractivity contribution in [3.8, 4) is 0 Å². The van der Waals surface area contributed by atoms with E-state index in [1.54, 1.807) is 10.9 Å². The maximum Gasteiger partial charge on any atom is 0.309 e. The van der Waals surface area contributed by atoms with Crippen molar-refractivity contribution >= 4 is 5.97 Å². The van der Waals surface area contributed by atoms with E-state index in [0.717, 1.165) is 5.56 Å². The minimum Gasteiger partial charge on any atom is -0.481 e. The molecule has 0 fully saturated rings. The predicted molar refractivity (Wildman–Crippen MR) is 61.6 cm³/mol. The molecule has 0 amide bonds. The summed E-state index contributed by atoms with van der Waals surface area (Å²) in [5.41, 5.74) is 1.58. The molecule has 1 N–H and O–H groups in total. The van der Waals surface area contributed by atoms with Crippen LogP contribution in [0.1, 0.15) is 24.2 Å². The summed E-state index contributed by atoms with van der Waals surface area (Å²) in [5, 5.41) is 16.4. The Kier molecular flexibility index (Phi) is 3.18. The fourth-order valence-electron chi connectivity index (χ4n) is 1.62. The number of hydrogen-bond donors (Lipinski definition) is 1. The zero-order valence-corrected chi connectivity index (χ0v) is 9.45. The van der Waals surface area contributed by atoms with Crippen LogP contribution in [0.2, 0.25) is 0 Å². The third-order valence-electron chi connectivity index (χ3n) is 2.57. The quantitative estimate of drug-likeness (QED) is 0.866. The average Bonchev–Trinajstić information content (AvgIpc) is 2.77. The predicted octanol–water partition coefficient (Wildman–Crippen LogP) is 1.51. The van der Waals surface area contributed by atoms with Crippen LogP contribution in [-0.4, -0.2) is 26.1 Å². The second-order valence-electron chi connectivity index (χ2n) is 3.85. The van der Waals surface area contributed by atoms with Crippen LogP contribution in [0.3, 0.4) is 0 Å². The molecule has 88 valence electrons. The summed E-state index contributed by atoms with van der Waals surface area (Å²) in [5.74, 6) is -0.899. The van der Waals surface area contributed by atoms with E-state index in [0.29, 0.717) is 5.69 Å². The number of benzene rings is 1. The second-order valence-corrected chi connectivity index (χ2v) is 3.85. The topological polar surface area (TPSA) is 68.0 Å². The lowest BCUT2D eigenvalue weighted by Crippen LogP contribution is -2.07. The third-order valence-corrected chi connectivity index (χ3v) is 2.57. The van der Waals surface area contributed by atoms with Gasteiger partial charge in [0.1, 0.15) is 0 Å². The Morgan fingerprint density at radius 3 is 2.76 bits per heavy atom. The van der Waals surface area contributed by atoms with Crippen LogP contribution >= 0.6 is 0 Å². The van der Waals surface area contributed by atoms with E-state index in [2.05, 4.69) is 10.3 Å². The Hall–Kier alpha value is -2.17. The van der Waals surface area contributed by atoms with Crippen molar-refractivity contribution in [1.82, 2.24) is 15.0 Å². The number of aromatic nitrogens is 3. The molecule has 0 spiro atoms. The van der Waals surface area contributed by atoms with E-state index in [-0.39, 0.29) is 12.5 Å². The molecule has 0 radical (unpaired) electrons. The maximum absolute atomic E-state index is 10.5. The maximum atomic E-state index is 10.5. The molecule has 2 rings (SSSR count). The molecule has 2 aromatic rings. The molecular formula is C12H13N3O2. The van der Waals surface area contributed by atoms with Crippen molar-refractivity contribution < 1.29 is 9.90 Å². The van der Waals surface area contributed by atoms with Gasteiger partial charge in [-0.2, -0.15) is 0 Å². The summed E-state index contributed by atoms with van der Waals surface area (Å²) in [6.45, 7) is 1.99. The first kappa shape index (κ1) is 11.3. The number of aliphatic carboxylic acids is 1. The lowest BCUT2D eigenvalue weighted by atomic mass is 10.1. The minimum absolute atomic E-state index is 0.0474. The van der Waals surface area contributed by atoms with Crippen molar-refractivity contribution in [3.05, 3.63) is 47.8 Å². The highest BCUT2D eigenvalue weighted by atomic mass is 16.4. The van der Waals surface area contributed by atoms with Crippen LogP contribution in [0.5, 0.6) is 0 Å². The molecule has 1 aromatic heterocycles. The van der Waals surface area contributed by atoms with Crippen LogP contribution in [0.25, 0.3) is 0 Å². The Balaban J connectivity index is 2.17. The Bertz CT molecular complexity index is 507. The Labute approximate surface area is 98.7 Å². The molecule has 5 heteroatoms. The van der Waals surface area contributed by atoms with E-state index in [9.17, 15) is 4.79 Å². The Morgan fingerprint density at radius 2 is 2.12 bits per heavy atom. The molecule has 17 heavy (non-hydrogen) atoms. The van der Waals surface area contributed by atoms with E-state index in [4.69, 9.17) is 5.11 Å². The molecular weight excluding hydrogens is 218 g/mol. The van der Waals surface area contributed by atoms with Crippen molar-refractivity contribution in [3.63, 3.8) is 0 Å². The van der Waals surface area contributed by atoms with E-state index in [1.165, 1.54) is 0 Å². The average molecular weight is 231 g/mol. The lowest BCUT2D eigenvalue weighted by Gasteiger charge is -2.10. The number of rotatable bonds is 4. The normalized spacial score (nSPS) is 12.3. The van der Waals surface area contributed by atoms with Gasteiger partial charge in [0, 0.05) is 6.20 Å². The highest BCUT2D eigenvalue weighted by Crippen LogP contribution is 2.16. The molecule has 0 aliphatic rings. The van der Waals surface area contributed by atoms with Crippen LogP contribution in [0.4, 0.5) is 0 Å². The van der Waals surface area contributed by atoms with Gasteiger partial charge in [0.05, 0.1) is 18.2 Å². The van der Waals surface area contributed by atoms with Gasteiger partial charge in [-0.3, -0.25) is 4.79 Å². The van der Waals surface area contributed by atoms with Crippen molar-refractivity contribution in [1.29, 1.82) is 0 Å². The smallest absolute Gasteiger partial charge is 0.309 e. The highest BCUT2D eigenvalue weighted by Gasteiger charge is 2.11. The molecule has 0 aliphatic carbocycles. The van der Waals surface area contributed by atoms with Gasteiger partial charge in [-0.25, -0.2) is 4.68 Å². The fourth-order valence-corrected chi connectivity index (χ4v) is 1.62. The van der Waals surface area contributed by atoms with Gasteiger partial charge in [0.25, 0.3) is 0 Å². The van der Waals surface area contributed by atoms with Gasteiger partial charge in [-0.15, -0.1) is 5.10 Å². The summed E-state index contributed by atoms with van der Waals surface area (Å²) in [7, 11) is 0. The van der Waals surface area contributed by atoms with Crippen molar-refractivity contribution in [2.45, 2.75) is 19.4 Å². The molecule has 0 bridgehead atoms. The molecule has 0 aliphatic heterocycles. The van der Waals surface area contributed by atoms with Gasteiger partial charge in [0.15, 0.2) is 0 Å². The van der Waals surface area contributed by atoms with E-state index >= 15 is 0 Å². The number of hydrogen-bond acceptors (Lipinski definition) is 3. The first-order chi connectivity index (χ1) is 8.16. The van der Waals surface area contributed by atoms with Crippen molar-refractivity contribution in [2.24, 2.45) is 0 Å². The lowest BCUT2D eigenvalue weighted by molar-refractivity contribution is -0.136. The fraction of sp³-hybridized carbons (Fsp3) is 0.250. The molecule has 5 nitrogen and oxygen atoms in total. The van der Waals surface area contributed by atoms with E-state index in [1.807, 2.05) is 37.3 Å². The van der Waals surface area contributed by atoms with Crippen LogP contribution in [0.15, 0.2) is 36.5 Å². The summed E-state index contributed by atoms with van der Waals surface area (Å²) in [6, 6.07) is 9.92. The van der Waals surface area contributed by atoms with Crippen LogP contribution in [0, 0.1) is 0 Å². The zero-order valence-electron chi connectivity index (χ0n) is 9.45. The zero-order chi connectivity index (χ0) is 12.3.